The molecule has 0 aromatic rings. The normalized spacial score (nSPS) is 21.4. The smallest absolute Gasteiger partial charge is 0.234 e. The van der Waals surface area contributed by atoms with E-state index in [9.17, 15) is 4.79 Å². The summed E-state index contributed by atoms with van der Waals surface area (Å²) in [5.74, 6) is -0.0838. The van der Waals surface area contributed by atoms with E-state index in [0.717, 1.165) is 32.4 Å². The molecule has 0 radical (unpaired) electrons. The Labute approximate surface area is 84.7 Å². The van der Waals surface area contributed by atoms with Crippen LogP contribution < -0.4 is 5.73 Å². The number of carbonyl (C=O) groups is 1. The van der Waals surface area contributed by atoms with E-state index < -0.39 is 0 Å². The number of likely N-dealkylation sites (tertiary alicyclic amines) is 1. The molecular weight excluding hydrogens is 178 g/mol. The molecule has 1 aliphatic rings. The number of rotatable bonds is 3. The molecule has 0 aromatic heterocycles. The SMILES string of the molecule is CCC(C(N)=O)N1CCC(C#N)CC1. The van der Waals surface area contributed by atoms with Crippen molar-refractivity contribution in [2.45, 2.75) is 32.2 Å². The van der Waals surface area contributed by atoms with Gasteiger partial charge < -0.3 is 5.73 Å². The zero-order chi connectivity index (χ0) is 10.6. The first-order chi connectivity index (χ1) is 6.69. The van der Waals surface area contributed by atoms with Gasteiger partial charge in [-0.25, -0.2) is 0 Å². The highest BCUT2D eigenvalue weighted by molar-refractivity contribution is 5.79. The van der Waals surface area contributed by atoms with E-state index in [1.165, 1.54) is 0 Å². The monoisotopic (exact) mass is 195 g/mol. The van der Waals surface area contributed by atoms with Gasteiger partial charge in [0.1, 0.15) is 0 Å². The van der Waals surface area contributed by atoms with Gasteiger partial charge in [-0.15, -0.1) is 0 Å². The van der Waals surface area contributed by atoms with Crippen LogP contribution in [-0.4, -0.2) is 29.9 Å². The molecule has 1 atom stereocenters. The summed E-state index contributed by atoms with van der Waals surface area (Å²) in [7, 11) is 0. The van der Waals surface area contributed by atoms with E-state index in [0.29, 0.717) is 0 Å². The van der Waals surface area contributed by atoms with Crippen LogP contribution in [0.25, 0.3) is 0 Å². The number of carbonyl (C=O) groups excluding carboxylic acids is 1. The van der Waals surface area contributed by atoms with Crippen molar-refractivity contribution in [2.24, 2.45) is 11.7 Å². The molecule has 0 aliphatic carbocycles. The zero-order valence-electron chi connectivity index (χ0n) is 8.57. The Morgan fingerprint density at radius 3 is 2.57 bits per heavy atom. The van der Waals surface area contributed by atoms with Gasteiger partial charge in [-0.1, -0.05) is 6.92 Å². The maximum atomic E-state index is 11.1. The van der Waals surface area contributed by atoms with Gasteiger partial charge in [0.2, 0.25) is 5.91 Å². The van der Waals surface area contributed by atoms with Crippen LogP contribution in [0.5, 0.6) is 0 Å². The number of hydrogen-bond donors (Lipinski definition) is 1. The molecule has 0 saturated carbocycles. The van der Waals surface area contributed by atoms with Crippen LogP contribution >= 0.6 is 0 Å². The maximum Gasteiger partial charge on any atom is 0.234 e. The van der Waals surface area contributed by atoms with Crippen molar-refractivity contribution in [3.63, 3.8) is 0 Å². The van der Waals surface area contributed by atoms with Gasteiger partial charge in [0.15, 0.2) is 0 Å². The fraction of sp³-hybridized carbons (Fsp3) is 0.800. The van der Waals surface area contributed by atoms with Crippen molar-refractivity contribution in [1.82, 2.24) is 4.90 Å². The third-order valence-electron chi connectivity index (χ3n) is 2.87. The summed E-state index contributed by atoms with van der Waals surface area (Å²) in [5, 5.41) is 8.72. The molecule has 1 heterocycles. The van der Waals surface area contributed by atoms with Gasteiger partial charge in [0.25, 0.3) is 0 Å². The number of nitrogens with two attached hydrogens (primary N) is 1. The highest BCUT2D eigenvalue weighted by Crippen LogP contribution is 2.18. The van der Waals surface area contributed by atoms with Crippen LogP contribution in [0.2, 0.25) is 0 Å². The molecule has 1 aliphatic heterocycles. The zero-order valence-corrected chi connectivity index (χ0v) is 8.57. The first-order valence-corrected chi connectivity index (χ1v) is 5.12. The second-order valence-corrected chi connectivity index (χ2v) is 3.77. The minimum atomic E-state index is -0.247. The number of amides is 1. The molecule has 14 heavy (non-hydrogen) atoms. The summed E-state index contributed by atoms with van der Waals surface area (Å²) in [6, 6.07) is 2.12. The molecule has 78 valence electrons. The molecular formula is C10H17N3O. The highest BCUT2D eigenvalue weighted by atomic mass is 16.1. The third-order valence-corrected chi connectivity index (χ3v) is 2.87. The van der Waals surface area contributed by atoms with Crippen LogP contribution in [0.4, 0.5) is 0 Å². The first-order valence-electron chi connectivity index (χ1n) is 5.12. The fourth-order valence-corrected chi connectivity index (χ4v) is 1.98. The summed E-state index contributed by atoms with van der Waals surface area (Å²) < 4.78 is 0. The lowest BCUT2D eigenvalue weighted by Gasteiger charge is -2.33. The van der Waals surface area contributed by atoms with Crippen LogP contribution in [-0.2, 0) is 4.79 Å². The Morgan fingerprint density at radius 2 is 2.21 bits per heavy atom. The Kier molecular flexibility index (Phi) is 3.90. The summed E-state index contributed by atoms with van der Waals surface area (Å²) in [6.07, 6.45) is 2.48. The molecule has 2 N–H and O–H groups in total. The average Bonchev–Trinajstić information content (AvgIpc) is 2.19. The lowest BCUT2D eigenvalue weighted by atomic mass is 9.97. The lowest BCUT2D eigenvalue weighted by Crippen LogP contribution is -2.47. The fourth-order valence-electron chi connectivity index (χ4n) is 1.98. The molecule has 4 nitrogen and oxygen atoms in total. The second kappa shape index (κ2) is 4.97. The number of primary amides is 1. The van der Waals surface area contributed by atoms with E-state index in [-0.39, 0.29) is 17.9 Å². The number of nitrogens with zero attached hydrogens (tertiary/aromatic N) is 2. The summed E-state index contributed by atoms with van der Waals surface area (Å²) >= 11 is 0. The molecule has 1 fully saturated rings. The summed E-state index contributed by atoms with van der Waals surface area (Å²) in [4.78, 5) is 13.2. The standard InChI is InChI=1S/C10H17N3O/c1-2-9(10(12)14)13-5-3-8(7-11)4-6-13/h8-9H,2-6H2,1H3,(H2,12,14). The Balaban J connectivity index is 2.48. The van der Waals surface area contributed by atoms with E-state index in [4.69, 9.17) is 11.0 Å². The minimum Gasteiger partial charge on any atom is -0.368 e. The van der Waals surface area contributed by atoms with E-state index in [1.807, 2.05) is 6.92 Å². The molecule has 1 amide bonds. The van der Waals surface area contributed by atoms with Crippen LogP contribution in [0.15, 0.2) is 0 Å². The number of piperidine rings is 1. The predicted molar refractivity (Wildman–Crippen MR) is 53.2 cm³/mol. The molecule has 4 heteroatoms. The number of hydrogen-bond acceptors (Lipinski definition) is 3. The van der Waals surface area contributed by atoms with E-state index in [1.54, 1.807) is 0 Å². The molecule has 1 saturated heterocycles. The Morgan fingerprint density at radius 1 is 1.64 bits per heavy atom. The predicted octanol–water partition coefficient (Wildman–Crippen LogP) is 0.486. The van der Waals surface area contributed by atoms with Crippen molar-refractivity contribution in [3.05, 3.63) is 0 Å². The molecule has 1 rings (SSSR count). The minimum absolute atomic E-state index is 0.144. The number of nitriles is 1. The van der Waals surface area contributed by atoms with E-state index >= 15 is 0 Å². The quantitative estimate of drug-likeness (QED) is 0.712. The summed E-state index contributed by atoms with van der Waals surface area (Å²) in [5.41, 5.74) is 5.30. The van der Waals surface area contributed by atoms with Gasteiger partial charge in [-0.05, 0) is 19.3 Å². The van der Waals surface area contributed by atoms with Crippen molar-refractivity contribution < 1.29 is 4.79 Å². The van der Waals surface area contributed by atoms with Gasteiger partial charge in [0, 0.05) is 19.0 Å². The third kappa shape index (κ3) is 2.46. The molecule has 0 bridgehead atoms. The van der Waals surface area contributed by atoms with Gasteiger partial charge in [-0.2, -0.15) is 5.26 Å². The first kappa shape index (κ1) is 11.0. The Hall–Kier alpha value is -1.08. The van der Waals surface area contributed by atoms with Crippen LogP contribution in [0, 0.1) is 17.2 Å². The largest absolute Gasteiger partial charge is 0.368 e. The van der Waals surface area contributed by atoms with Crippen molar-refractivity contribution in [1.29, 1.82) is 5.26 Å². The van der Waals surface area contributed by atoms with Crippen molar-refractivity contribution >= 4 is 5.91 Å². The second-order valence-electron chi connectivity index (χ2n) is 3.77. The average molecular weight is 195 g/mol. The maximum absolute atomic E-state index is 11.1. The Bertz CT molecular complexity index is 238. The molecule has 1 unspecified atom stereocenters. The van der Waals surface area contributed by atoms with E-state index in [2.05, 4.69) is 11.0 Å². The van der Waals surface area contributed by atoms with Crippen LogP contribution in [0.3, 0.4) is 0 Å². The highest BCUT2D eigenvalue weighted by Gasteiger charge is 2.26. The lowest BCUT2D eigenvalue weighted by molar-refractivity contribution is -0.123. The molecule has 0 aromatic carbocycles. The van der Waals surface area contributed by atoms with Gasteiger partial charge in [-0.3, -0.25) is 9.69 Å². The van der Waals surface area contributed by atoms with Crippen LogP contribution in [0.1, 0.15) is 26.2 Å². The molecule has 0 spiro atoms. The topological polar surface area (TPSA) is 70.1 Å². The summed E-state index contributed by atoms with van der Waals surface area (Å²) in [6.45, 7) is 3.60. The van der Waals surface area contributed by atoms with Crippen molar-refractivity contribution in [3.8, 4) is 6.07 Å². The van der Waals surface area contributed by atoms with Crippen molar-refractivity contribution in [2.75, 3.05) is 13.1 Å². The van der Waals surface area contributed by atoms with Gasteiger partial charge >= 0.3 is 0 Å². The van der Waals surface area contributed by atoms with Gasteiger partial charge in [0.05, 0.1) is 12.1 Å².